The lowest BCUT2D eigenvalue weighted by Crippen LogP contribution is -2.49. The number of rotatable bonds is 2. The fourth-order valence-corrected chi connectivity index (χ4v) is 3.51. The molecule has 21 heavy (non-hydrogen) atoms. The Balaban J connectivity index is 1.88. The third-order valence-electron chi connectivity index (χ3n) is 4.74. The number of carbonyl (C=O) groups excluding carboxylic acids is 1. The Hall–Kier alpha value is -1.55. The van der Waals surface area contributed by atoms with Gasteiger partial charge in [0.25, 0.3) is 0 Å². The lowest BCUT2D eigenvalue weighted by atomic mass is 9.76. The molecule has 2 heterocycles. The summed E-state index contributed by atoms with van der Waals surface area (Å²) in [6.07, 6.45) is 3.57. The monoisotopic (exact) mass is 288 g/mol. The van der Waals surface area contributed by atoms with Crippen molar-refractivity contribution in [2.75, 3.05) is 27.2 Å². The van der Waals surface area contributed by atoms with Crippen LogP contribution in [0.25, 0.3) is 0 Å². The van der Waals surface area contributed by atoms with Gasteiger partial charge in [0.05, 0.1) is 0 Å². The summed E-state index contributed by atoms with van der Waals surface area (Å²) in [5.41, 5.74) is 1.11. The summed E-state index contributed by atoms with van der Waals surface area (Å²) in [5, 5.41) is 3.40. The van der Waals surface area contributed by atoms with Gasteiger partial charge in [-0.1, -0.05) is 18.2 Å². The van der Waals surface area contributed by atoms with Crippen molar-refractivity contribution >= 4 is 5.91 Å². The van der Waals surface area contributed by atoms with Gasteiger partial charge in [-0.05, 0) is 44.0 Å². The molecular formula is C17H24N2O2. The highest BCUT2D eigenvalue weighted by Crippen LogP contribution is 2.45. The molecule has 4 heteroatoms. The minimum absolute atomic E-state index is 0.0864. The summed E-state index contributed by atoms with van der Waals surface area (Å²) >= 11 is 0. The number of carbonyl (C=O) groups is 1. The number of piperidine rings is 1. The van der Waals surface area contributed by atoms with Crippen molar-refractivity contribution in [2.45, 2.75) is 37.2 Å². The zero-order valence-corrected chi connectivity index (χ0v) is 12.9. The van der Waals surface area contributed by atoms with Gasteiger partial charge in [0.1, 0.15) is 11.4 Å². The first-order valence-electron chi connectivity index (χ1n) is 7.78. The molecule has 1 amide bonds. The second-order valence-corrected chi connectivity index (χ2v) is 6.47. The van der Waals surface area contributed by atoms with Crippen LogP contribution in [0.15, 0.2) is 24.3 Å². The number of hydrogen-bond donors (Lipinski definition) is 1. The molecule has 1 spiro atoms. The second kappa shape index (κ2) is 5.68. The molecule has 0 saturated carbocycles. The SMILES string of the molecule is CN(C)C(=O)C[C@H]1CC2(CCNCC2)Oc2ccccc21. The Labute approximate surface area is 126 Å². The Morgan fingerprint density at radius 3 is 2.76 bits per heavy atom. The lowest BCUT2D eigenvalue weighted by molar-refractivity contribution is -0.129. The zero-order chi connectivity index (χ0) is 14.9. The molecule has 0 aromatic heterocycles. The molecule has 1 atom stereocenters. The summed E-state index contributed by atoms with van der Waals surface area (Å²) in [4.78, 5) is 13.9. The van der Waals surface area contributed by atoms with Gasteiger partial charge < -0.3 is 15.0 Å². The predicted octanol–water partition coefficient (Wildman–Crippen LogP) is 2.15. The first-order chi connectivity index (χ1) is 10.1. The van der Waals surface area contributed by atoms with Crippen LogP contribution >= 0.6 is 0 Å². The van der Waals surface area contributed by atoms with E-state index in [2.05, 4.69) is 11.4 Å². The van der Waals surface area contributed by atoms with Crippen molar-refractivity contribution < 1.29 is 9.53 Å². The van der Waals surface area contributed by atoms with Gasteiger partial charge in [-0.3, -0.25) is 4.79 Å². The topological polar surface area (TPSA) is 41.6 Å². The maximum Gasteiger partial charge on any atom is 0.222 e. The normalized spacial score (nSPS) is 23.2. The largest absolute Gasteiger partial charge is 0.487 e. The Bertz CT molecular complexity index is 521. The van der Waals surface area contributed by atoms with Crippen LogP contribution in [0.5, 0.6) is 5.75 Å². The van der Waals surface area contributed by atoms with Gasteiger partial charge in [-0.2, -0.15) is 0 Å². The number of nitrogens with zero attached hydrogens (tertiary/aromatic N) is 1. The molecule has 0 radical (unpaired) electrons. The molecule has 0 unspecified atom stereocenters. The van der Waals surface area contributed by atoms with E-state index in [1.165, 1.54) is 5.56 Å². The maximum absolute atomic E-state index is 12.2. The van der Waals surface area contributed by atoms with Crippen molar-refractivity contribution in [3.8, 4) is 5.75 Å². The number of para-hydroxylation sites is 1. The molecule has 1 N–H and O–H groups in total. The molecule has 1 saturated heterocycles. The summed E-state index contributed by atoms with van der Waals surface area (Å²) in [5.74, 6) is 1.44. The third-order valence-corrected chi connectivity index (χ3v) is 4.74. The number of amides is 1. The Morgan fingerprint density at radius 1 is 1.33 bits per heavy atom. The minimum Gasteiger partial charge on any atom is -0.487 e. The van der Waals surface area contributed by atoms with E-state index in [-0.39, 0.29) is 17.4 Å². The van der Waals surface area contributed by atoms with E-state index in [0.717, 1.165) is 38.1 Å². The van der Waals surface area contributed by atoms with Crippen LogP contribution in [0.4, 0.5) is 0 Å². The van der Waals surface area contributed by atoms with E-state index in [1.54, 1.807) is 4.90 Å². The van der Waals surface area contributed by atoms with Crippen molar-refractivity contribution in [1.82, 2.24) is 10.2 Å². The minimum atomic E-state index is -0.0864. The van der Waals surface area contributed by atoms with Gasteiger partial charge in [-0.15, -0.1) is 0 Å². The molecule has 4 nitrogen and oxygen atoms in total. The summed E-state index contributed by atoms with van der Waals surface area (Å²) in [6, 6.07) is 8.21. The zero-order valence-electron chi connectivity index (χ0n) is 12.9. The fraction of sp³-hybridized carbons (Fsp3) is 0.588. The molecular weight excluding hydrogens is 264 g/mol. The van der Waals surface area contributed by atoms with Crippen LogP contribution < -0.4 is 10.1 Å². The number of ether oxygens (including phenoxy) is 1. The van der Waals surface area contributed by atoms with Crippen LogP contribution in [0.3, 0.4) is 0 Å². The van der Waals surface area contributed by atoms with Gasteiger partial charge >= 0.3 is 0 Å². The van der Waals surface area contributed by atoms with Crippen molar-refractivity contribution in [2.24, 2.45) is 0 Å². The Kier molecular flexibility index (Phi) is 3.89. The standard InChI is InChI=1S/C17H24N2O2/c1-19(2)16(20)11-13-12-17(7-9-18-10-8-17)21-15-6-4-3-5-14(13)15/h3-6,13,18H,7-12H2,1-2H3/t13-/m0/s1. The van der Waals surface area contributed by atoms with Gasteiger partial charge in [0, 0.05) is 26.4 Å². The summed E-state index contributed by atoms with van der Waals surface area (Å²) in [7, 11) is 3.65. The number of benzene rings is 1. The molecule has 1 aromatic carbocycles. The third kappa shape index (κ3) is 2.91. The molecule has 1 fully saturated rings. The quantitative estimate of drug-likeness (QED) is 0.906. The van der Waals surface area contributed by atoms with Crippen molar-refractivity contribution in [1.29, 1.82) is 0 Å². The Morgan fingerprint density at radius 2 is 2.05 bits per heavy atom. The summed E-state index contributed by atoms with van der Waals surface area (Å²) < 4.78 is 6.37. The first kappa shape index (κ1) is 14.4. The van der Waals surface area contributed by atoms with Crippen molar-refractivity contribution in [3.05, 3.63) is 29.8 Å². The maximum atomic E-state index is 12.2. The van der Waals surface area contributed by atoms with E-state index in [9.17, 15) is 4.79 Å². The van der Waals surface area contributed by atoms with Crippen LogP contribution in [-0.2, 0) is 4.79 Å². The van der Waals surface area contributed by atoms with Crippen molar-refractivity contribution in [3.63, 3.8) is 0 Å². The first-order valence-corrected chi connectivity index (χ1v) is 7.78. The average molecular weight is 288 g/mol. The molecule has 2 aliphatic rings. The summed E-state index contributed by atoms with van der Waals surface area (Å²) in [6.45, 7) is 1.99. The van der Waals surface area contributed by atoms with Crippen LogP contribution in [0, 0.1) is 0 Å². The molecule has 0 bridgehead atoms. The molecule has 2 aliphatic heterocycles. The number of nitrogens with one attached hydrogen (secondary N) is 1. The molecule has 1 aromatic rings. The predicted molar refractivity (Wildman–Crippen MR) is 82.6 cm³/mol. The number of hydrogen-bond acceptors (Lipinski definition) is 3. The fourth-order valence-electron chi connectivity index (χ4n) is 3.51. The van der Waals surface area contributed by atoms with Gasteiger partial charge in [0.2, 0.25) is 5.91 Å². The van der Waals surface area contributed by atoms with Gasteiger partial charge in [-0.25, -0.2) is 0 Å². The highest BCUT2D eigenvalue weighted by Gasteiger charge is 2.42. The van der Waals surface area contributed by atoms with E-state index in [0.29, 0.717) is 6.42 Å². The van der Waals surface area contributed by atoms with Crippen LogP contribution in [0.1, 0.15) is 37.2 Å². The molecule has 114 valence electrons. The molecule has 3 rings (SSSR count). The highest BCUT2D eigenvalue weighted by atomic mass is 16.5. The van der Waals surface area contributed by atoms with Crippen LogP contribution in [0.2, 0.25) is 0 Å². The molecule has 0 aliphatic carbocycles. The second-order valence-electron chi connectivity index (χ2n) is 6.47. The van der Waals surface area contributed by atoms with E-state index < -0.39 is 0 Å². The lowest BCUT2D eigenvalue weighted by Gasteiger charge is -2.44. The van der Waals surface area contributed by atoms with Gasteiger partial charge in [0.15, 0.2) is 0 Å². The van der Waals surface area contributed by atoms with E-state index in [4.69, 9.17) is 4.74 Å². The average Bonchev–Trinajstić information content (AvgIpc) is 2.47. The number of fused-ring (bicyclic) bond motifs is 1. The van der Waals surface area contributed by atoms with E-state index >= 15 is 0 Å². The van der Waals surface area contributed by atoms with Crippen LogP contribution in [-0.4, -0.2) is 43.6 Å². The van der Waals surface area contributed by atoms with E-state index in [1.807, 2.05) is 32.3 Å². The highest BCUT2D eigenvalue weighted by molar-refractivity contribution is 5.76. The smallest absolute Gasteiger partial charge is 0.222 e.